The molecule has 38 heavy (non-hydrogen) atoms. The molecule has 0 aromatic heterocycles. The van der Waals surface area contributed by atoms with Crippen LogP contribution in [0.2, 0.25) is 0 Å². The smallest absolute Gasteiger partial charge is 0.306 e. The number of hydrogen-bond donors (Lipinski definition) is 0. The van der Waals surface area contributed by atoms with Crippen LogP contribution in [0.5, 0.6) is 0 Å². The van der Waals surface area contributed by atoms with Crippen molar-refractivity contribution in [2.24, 2.45) is 52.3 Å². The fourth-order valence-corrected chi connectivity index (χ4v) is 10.8. The minimum absolute atomic E-state index is 0.0754. The van der Waals surface area contributed by atoms with Crippen LogP contribution in [0.25, 0.3) is 0 Å². The topological polar surface area (TPSA) is 26.3 Å². The van der Waals surface area contributed by atoms with E-state index in [1.54, 1.807) is 5.57 Å². The standard InChI is InChI=1S/C36H60O2/c1-25(2)10-9-11-26(3)31-17-18-32-30-16-15-28-24-29(38-34(37)19-14-27-12-7-6-8-13-27)20-22-35(28,4)33(30)21-23-36(31,32)5/h15,25-27,29-33H,6-14,16-24H2,1-5H3/t26-,29+,30-,31+,32-,33-,35+,36+/m1/s1. The summed E-state index contributed by atoms with van der Waals surface area (Å²) < 4.78 is 6.11. The van der Waals surface area contributed by atoms with Crippen LogP contribution in [0.3, 0.4) is 0 Å². The monoisotopic (exact) mass is 524 g/mol. The summed E-state index contributed by atoms with van der Waals surface area (Å²) in [7, 11) is 0. The zero-order valence-corrected chi connectivity index (χ0v) is 25.7. The van der Waals surface area contributed by atoms with Crippen molar-refractivity contribution in [2.45, 2.75) is 156 Å². The van der Waals surface area contributed by atoms with E-state index in [2.05, 4.69) is 40.7 Å². The van der Waals surface area contributed by atoms with Crippen molar-refractivity contribution in [2.75, 3.05) is 0 Å². The molecule has 5 aliphatic carbocycles. The summed E-state index contributed by atoms with van der Waals surface area (Å²) in [6.45, 7) is 12.6. The van der Waals surface area contributed by atoms with Gasteiger partial charge in [-0.25, -0.2) is 0 Å². The van der Waals surface area contributed by atoms with E-state index >= 15 is 0 Å². The number of fused-ring (bicyclic) bond motifs is 5. The van der Waals surface area contributed by atoms with E-state index < -0.39 is 0 Å². The largest absolute Gasteiger partial charge is 0.462 e. The lowest BCUT2D eigenvalue weighted by Crippen LogP contribution is -2.51. The molecule has 216 valence electrons. The van der Waals surface area contributed by atoms with E-state index in [1.807, 2.05) is 0 Å². The highest BCUT2D eigenvalue weighted by molar-refractivity contribution is 5.69. The molecule has 0 amide bonds. The second-order valence-electron chi connectivity index (χ2n) is 15.7. The molecule has 0 heterocycles. The Morgan fingerprint density at radius 3 is 2.50 bits per heavy atom. The minimum atomic E-state index is 0.0754. The van der Waals surface area contributed by atoms with Gasteiger partial charge in [-0.1, -0.05) is 97.6 Å². The van der Waals surface area contributed by atoms with Crippen molar-refractivity contribution in [1.29, 1.82) is 0 Å². The number of rotatable bonds is 9. The zero-order chi connectivity index (χ0) is 26.9. The molecule has 0 aromatic rings. The summed E-state index contributed by atoms with van der Waals surface area (Å²) >= 11 is 0. The van der Waals surface area contributed by atoms with Gasteiger partial charge < -0.3 is 4.74 Å². The summed E-state index contributed by atoms with van der Waals surface area (Å²) in [4.78, 5) is 12.7. The zero-order valence-electron chi connectivity index (χ0n) is 25.7. The molecule has 0 spiro atoms. The Morgan fingerprint density at radius 1 is 0.947 bits per heavy atom. The number of ether oxygens (including phenoxy) is 1. The molecule has 8 atom stereocenters. The first kappa shape index (κ1) is 28.7. The lowest BCUT2D eigenvalue weighted by atomic mass is 9.47. The number of allylic oxidation sites excluding steroid dienone is 1. The Balaban J connectivity index is 1.17. The molecule has 0 saturated heterocycles. The molecule has 4 saturated carbocycles. The molecule has 0 bridgehead atoms. The molecule has 0 unspecified atom stereocenters. The van der Waals surface area contributed by atoms with Crippen LogP contribution >= 0.6 is 0 Å². The van der Waals surface area contributed by atoms with E-state index in [9.17, 15) is 4.79 Å². The van der Waals surface area contributed by atoms with Gasteiger partial charge in [-0.2, -0.15) is 0 Å². The summed E-state index contributed by atoms with van der Waals surface area (Å²) in [6, 6.07) is 0. The Labute approximate surface area is 235 Å². The molecule has 0 radical (unpaired) electrons. The van der Waals surface area contributed by atoms with Crippen molar-refractivity contribution in [3.8, 4) is 0 Å². The second kappa shape index (κ2) is 12.0. The summed E-state index contributed by atoms with van der Waals surface area (Å²) in [5.41, 5.74) is 2.55. The van der Waals surface area contributed by atoms with Crippen molar-refractivity contribution in [1.82, 2.24) is 0 Å². The van der Waals surface area contributed by atoms with E-state index in [0.717, 1.165) is 60.7 Å². The fraction of sp³-hybridized carbons (Fsp3) is 0.917. The first-order valence-corrected chi connectivity index (χ1v) is 17.1. The lowest BCUT2D eigenvalue weighted by Gasteiger charge is -2.58. The Kier molecular flexibility index (Phi) is 9.06. The SMILES string of the molecule is CC(C)CCC[C@@H](C)[C@@H]1CC[C@@H]2[C@H]3CC=C4C[C@@H](OC(=O)CCC5CCCCC5)CC[C@]4(C)[C@@H]3CC[C@]21C. The summed E-state index contributed by atoms with van der Waals surface area (Å²) in [6.07, 6.45) is 25.8. The van der Waals surface area contributed by atoms with Crippen molar-refractivity contribution in [3.05, 3.63) is 11.6 Å². The van der Waals surface area contributed by atoms with Crippen LogP contribution in [0, 0.1) is 52.3 Å². The van der Waals surface area contributed by atoms with Gasteiger partial charge in [0.2, 0.25) is 0 Å². The molecule has 0 aromatic carbocycles. The van der Waals surface area contributed by atoms with Crippen molar-refractivity contribution < 1.29 is 9.53 Å². The van der Waals surface area contributed by atoms with Gasteiger partial charge in [-0.05, 0) is 104 Å². The average Bonchev–Trinajstić information content (AvgIpc) is 3.25. The highest BCUT2D eigenvalue weighted by Crippen LogP contribution is 2.67. The first-order valence-electron chi connectivity index (χ1n) is 17.1. The molecule has 4 fully saturated rings. The average molecular weight is 525 g/mol. The Hall–Kier alpha value is -0.790. The third-order valence-electron chi connectivity index (χ3n) is 13.0. The van der Waals surface area contributed by atoms with E-state index in [4.69, 9.17) is 4.74 Å². The highest BCUT2D eigenvalue weighted by Gasteiger charge is 2.59. The maximum absolute atomic E-state index is 12.7. The van der Waals surface area contributed by atoms with Gasteiger partial charge in [0.1, 0.15) is 6.10 Å². The summed E-state index contributed by atoms with van der Waals surface area (Å²) in [5.74, 6) is 6.14. The molecule has 2 heteroatoms. The lowest BCUT2D eigenvalue weighted by molar-refractivity contribution is -0.152. The third kappa shape index (κ3) is 5.81. The predicted octanol–water partition coefficient (Wildman–Crippen LogP) is 10.3. The molecule has 0 aliphatic heterocycles. The first-order chi connectivity index (χ1) is 18.2. The van der Waals surface area contributed by atoms with Gasteiger partial charge >= 0.3 is 5.97 Å². The second-order valence-corrected chi connectivity index (χ2v) is 15.7. The number of carbonyl (C=O) groups excluding carboxylic acids is 1. The van der Waals surface area contributed by atoms with Crippen LogP contribution in [-0.4, -0.2) is 12.1 Å². The van der Waals surface area contributed by atoms with Crippen molar-refractivity contribution >= 4 is 5.97 Å². The van der Waals surface area contributed by atoms with E-state index in [-0.39, 0.29) is 12.1 Å². The van der Waals surface area contributed by atoms with Crippen LogP contribution in [-0.2, 0) is 9.53 Å². The molecule has 2 nitrogen and oxygen atoms in total. The van der Waals surface area contributed by atoms with Crippen LogP contribution < -0.4 is 0 Å². The number of esters is 1. The quantitative estimate of drug-likeness (QED) is 0.221. The van der Waals surface area contributed by atoms with Crippen molar-refractivity contribution in [3.63, 3.8) is 0 Å². The van der Waals surface area contributed by atoms with Crippen LogP contribution in [0.1, 0.15) is 150 Å². The molecule has 5 rings (SSSR count). The van der Waals surface area contributed by atoms with Gasteiger partial charge in [-0.15, -0.1) is 0 Å². The number of hydrogen-bond acceptors (Lipinski definition) is 2. The minimum Gasteiger partial charge on any atom is -0.462 e. The van der Waals surface area contributed by atoms with E-state index in [1.165, 1.54) is 89.9 Å². The highest BCUT2D eigenvalue weighted by atomic mass is 16.5. The van der Waals surface area contributed by atoms with Gasteiger partial charge in [0.15, 0.2) is 0 Å². The normalized spacial score (nSPS) is 40.2. The number of carbonyl (C=O) groups is 1. The van der Waals surface area contributed by atoms with Crippen LogP contribution in [0.15, 0.2) is 11.6 Å². The Bertz CT molecular complexity index is 836. The van der Waals surface area contributed by atoms with Gasteiger partial charge in [-0.3, -0.25) is 4.79 Å². The molecular formula is C36H60O2. The predicted molar refractivity (Wildman–Crippen MR) is 159 cm³/mol. The van der Waals surface area contributed by atoms with Gasteiger partial charge in [0, 0.05) is 12.8 Å². The fourth-order valence-electron chi connectivity index (χ4n) is 10.8. The van der Waals surface area contributed by atoms with Crippen LogP contribution in [0.4, 0.5) is 0 Å². The van der Waals surface area contributed by atoms with E-state index in [0.29, 0.717) is 17.3 Å². The van der Waals surface area contributed by atoms with Gasteiger partial charge in [0.25, 0.3) is 0 Å². The third-order valence-corrected chi connectivity index (χ3v) is 13.0. The maximum atomic E-state index is 12.7. The molecule has 5 aliphatic rings. The molecule has 0 N–H and O–H groups in total. The van der Waals surface area contributed by atoms with Gasteiger partial charge in [0.05, 0.1) is 0 Å². The maximum Gasteiger partial charge on any atom is 0.306 e. The molecular weight excluding hydrogens is 464 g/mol. The summed E-state index contributed by atoms with van der Waals surface area (Å²) in [5, 5.41) is 0. The Morgan fingerprint density at radius 2 is 1.74 bits per heavy atom.